The predicted octanol–water partition coefficient (Wildman–Crippen LogP) is 0.535. The number of likely N-dealkylation sites (N-methyl/N-ethyl adjacent to an activating group) is 1. The maximum Gasteiger partial charge on any atom is 0.254 e. The van der Waals surface area contributed by atoms with Crippen molar-refractivity contribution in [2.24, 2.45) is 0 Å². The fourth-order valence-corrected chi connectivity index (χ4v) is 2.24. The van der Waals surface area contributed by atoms with E-state index in [0.717, 1.165) is 0 Å². The summed E-state index contributed by atoms with van der Waals surface area (Å²) < 4.78 is 5.30. The summed E-state index contributed by atoms with van der Waals surface area (Å²) in [6.07, 6.45) is 0. The third-order valence-electron chi connectivity index (χ3n) is 3.28. The molecule has 0 bridgehead atoms. The summed E-state index contributed by atoms with van der Waals surface area (Å²) in [5, 5.41) is 11.6. The van der Waals surface area contributed by atoms with Crippen LogP contribution in [0.2, 0.25) is 0 Å². The van der Waals surface area contributed by atoms with E-state index in [2.05, 4.69) is 5.32 Å². The van der Waals surface area contributed by atoms with E-state index in [0.29, 0.717) is 30.8 Å². The molecule has 2 rings (SSSR count). The summed E-state index contributed by atoms with van der Waals surface area (Å²) in [5.41, 5.74) is 0.828. The lowest BCUT2D eigenvalue weighted by atomic mass is 10.1. The highest BCUT2D eigenvalue weighted by Gasteiger charge is 2.33. The Bertz CT molecular complexity index is 580. The Morgan fingerprint density at radius 2 is 2.33 bits per heavy atom. The molecule has 1 fully saturated rings. The molecule has 0 spiro atoms. The predicted molar refractivity (Wildman–Crippen MR) is 75.5 cm³/mol. The molecule has 1 N–H and O–H groups in total. The summed E-state index contributed by atoms with van der Waals surface area (Å²) in [7, 11) is 0. The molecule has 0 radical (unpaired) electrons. The van der Waals surface area contributed by atoms with Crippen LogP contribution in [0.1, 0.15) is 22.8 Å². The van der Waals surface area contributed by atoms with Crippen molar-refractivity contribution < 1.29 is 14.3 Å². The number of morpholine rings is 1. The second-order valence-electron chi connectivity index (χ2n) is 4.68. The number of nitriles is 1. The van der Waals surface area contributed by atoms with Gasteiger partial charge in [-0.15, -0.1) is 0 Å². The van der Waals surface area contributed by atoms with E-state index in [1.807, 2.05) is 13.0 Å². The van der Waals surface area contributed by atoms with E-state index in [-0.39, 0.29) is 18.4 Å². The Hall–Kier alpha value is -2.39. The summed E-state index contributed by atoms with van der Waals surface area (Å²) in [5.74, 6) is -0.478. The fourth-order valence-electron chi connectivity index (χ4n) is 2.24. The highest BCUT2D eigenvalue weighted by Crippen LogP contribution is 2.14. The summed E-state index contributed by atoms with van der Waals surface area (Å²) >= 11 is 0. The molecule has 0 aromatic heterocycles. The fraction of sp³-hybridized carbons (Fsp3) is 0.400. The van der Waals surface area contributed by atoms with Crippen molar-refractivity contribution in [2.75, 3.05) is 26.3 Å². The number of nitrogens with one attached hydrogen (secondary N) is 1. The minimum atomic E-state index is -0.628. The molecule has 1 aliphatic heterocycles. The minimum Gasteiger partial charge on any atom is -0.377 e. The molecule has 1 atom stereocenters. The Balaban J connectivity index is 2.22. The zero-order valence-corrected chi connectivity index (χ0v) is 11.8. The molecular weight excluding hydrogens is 270 g/mol. The highest BCUT2D eigenvalue weighted by molar-refractivity contribution is 5.98. The van der Waals surface area contributed by atoms with E-state index in [1.165, 1.54) is 11.0 Å². The van der Waals surface area contributed by atoms with Crippen molar-refractivity contribution in [3.05, 3.63) is 35.4 Å². The molecule has 2 amide bonds. The highest BCUT2D eigenvalue weighted by atomic mass is 16.5. The quantitative estimate of drug-likeness (QED) is 0.879. The van der Waals surface area contributed by atoms with Gasteiger partial charge in [-0.3, -0.25) is 9.59 Å². The molecule has 1 aromatic carbocycles. The van der Waals surface area contributed by atoms with Crippen LogP contribution in [0.4, 0.5) is 0 Å². The van der Waals surface area contributed by atoms with E-state index in [1.54, 1.807) is 18.2 Å². The van der Waals surface area contributed by atoms with Crippen molar-refractivity contribution in [2.45, 2.75) is 13.0 Å². The molecular formula is C15H17N3O3. The molecule has 6 heteroatoms. The van der Waals surface area contributed by atoms with Gasteiger partial charge < -0.3 is 15.0 Å². The average molecular weight is 287 g/mol. The standard InChI is InChI=1S/C15H17N3O3/c1-2-17-14(19)13-10-21-7-6-18(13)15(20)12-5-3-4-11(8-12)9-16/h3-5,8,13H,2,6-7,10H2,1H3,(H,17,19). The smallest absolute Gasteiger partial charge is 0.254 e. The molecule has 1 heterocycles. The number of amides is 2. The lowest BCUT2D eigenvalue weighted by molar-refractivity contribution is -0.130. The normalized spacial score (nSPS) is 17.9. The van der Waals surface area contributed by atoms with Gasteiger partial charge in [-0.25, -0.2) is 0 Å². The van der Waals surface area contributed by atoms with Crippen LogP contribution in [0.5, 0.6) is 0 Å². The number of rotatable bonds is 3. The summed E-state index contributed by atoms with van der Waals surface area (Å²) in [6, 6.07) is 7.85. The minimum absolute atomic E-state index is 0.190. The number of hydrogen-bond donors (Lipinski definition) is 1. The van der Waals surface area contributed by atoms with Crippen LogP contribution >= 0.6 is 0 Å². The first kappa shape index (κ1) is 15.0. The zero-order chi connectivity index (χ0) is 15.2. The zero-order valence-electron chi connectivity index (χ0n) is 11.8. The van der Waals surface area contributed by atoms with Crippen LogP contribution in [0.25, 0.3) is 0 Å². The second kappa shape index (κ2) is 6.86. The van der Waals surface area contributed by atoms with E-state index in [9.17, 15) is 9.59 Å². The maximum atomic E-state index is 12.6. The van der Waals surface area contributed by atoms with Crippen LogP contribution in [0, 0.1) is 11.3 Å². The summed E-state index contributed by atoms with van der Waals surface area (Å²) in [4.78, 5) is 26.1. The number of carbonyl (C=O) groups excluding carboxylic acids is 2. The number of hydrogen-bond acceptors (Lipinski definition) is 4. The van der Waals surface area contributed by atoms with E-state index >= 15 is 0 Å². The first-order chi connectivity index (χ1) is 10.2. The Morgan fingerprint density at radius 3 is 3.05 bits per heavy atom. The Labute approximate surface area is 123 Å². The summed E-state index contributed by atoms with van der Waals surface area (Å²) in [6.45, 7) is 3.28. The Kier molecular flexibility index (Phi) is 4.90. The van der Waals surface area contributed by atoms with Gasteiger partial charge in [-0.2, -0.15) is 5.26 Å². The molecule has 110 valence electrons. The van der Waals surface area contributed by atoms with Crippen LogP contribution in [0.15, 0.2) is 24.3 Å². The van der Waals surface area contributed by atoms with Gasteiger partial charge in [0.05, 0.1) is 24.8 Å². The maximum absolute atomic E-state index is 12.6. The molecule has 1 aliphatic rings. The van der Waals surface area contributed by atoms with Gasteiger partial charge in [0.2, 0.25) is 5.91 Å². The van der Waals surface area contributed by atoms with Crippen LogP contribution < -0.4 is 5.32 Å². The molecule has 21 heavy (non-hydrogen) atoms. The van der Waals surface area contributed by atoms with Crippen LogP contribution in [-0.2, 0) is 9.53 Å². The lowest BCUT2D eigenvalue weighted by Crippen LogP contribution is -2.55. The van der Waals surface area contributed by atoms with Crippen molar-refractivity contribution in [1.29, 1.82) is 5.26 Å². The van der Waals surface area contributed by atoms with Crippen LogP contribution in [0.3, 0.4) is 0 Å². The van der Waals surface area contributed by atoms with Crippen LogP contribution in [-0.4, -0.2) is 49.1 Å². The number of carbonyl (C=O) groups is 2. The first-order valence-corrected chi connectivity index (χ1v) is 6.84. The molecule has 1 saturated heterocycles. The van der Waals surface area contributed by atoms with E-state index in [4.69, 9.17) is 10.00 Å². The van der Waals surface area contributed by atoms with Crippen molar-refractivity contribution in [3.63, 3.8) is 0 Å². The molecule has 1 unspecified atom stereocenters. The number of ether oxygens (including phenoxy) is 1. The van der Waals surface area contributed by atoms with Gasteiger partial charge >= 0.3 is 0 Å². The van der Waals surface area contributed by atoms with Crippen molar-refractivity contribution in [1.82, 2.24) is 10.2 Å². The molecule has 6 nitrogen and oxygen atoms in total. The lowest BCUT2D eigenvalue weighted by Gasteiger charge is -2.34. The first-order valence-electron chi connectivity index (χ1n) is 6.84. The van der Waals surface area contributed by atoms with Gasteiger partial charge in [0.25, 0.3) is 5.91 Å². The second-order valence-corrected chi connectivity index (χ2v) is 4.68. The van der Waals surface area contributed by atoms with Crippen molar-refractivity contribution in [3.8, 4) is 6.07 Å². The Morgan fingerprint density at radius 1 is 1.52 bits per heavy atom. The van der Waals surface area contributed by atoms with Gasteiger partial charge in [0.1, 0.15) is 6.04 Å². The van der Waals surface area contributed by atoms with Gasteiger partial charge in [-0.05, 0) is 25.1 Å². The molecule has 0 aliphatic carbocycles. The third-order valence-corrected chi connectivity index (χ3v) is 3.28. The monoisotopic (exact) mass is 287 g/mol. The largest absolute Gasteiger partial charge is 0.377 e. The van der Waals surface area contributed by atoms with Crippen molar-refractivity contribution >= 4 is 11.8 Å². The molecule has 1 aromatic rings. The van der Waals surface area contributed by atoms with Gasteiger partial charge in [-0.1, -0.05) is 6.07 Å². The van der Waals surface area contributed by atoms with E-state index < -0.39 is 6.04 Å². The topological polar surface area (TPSA) is 82.4 Å². The third kappa shape index (κ3) is 3.38. The van der Waals surface area contributed by atoms with Gasteiger partial charge in [0, 0.05) is 18.7 Å². The SMILES string of the molecule is CCNC(=O)C1COCCN1C(=O)c1cccc(C#N)c1. The van der Waals surface area contributed by atoms with Gasteiger partial charge in [0.15, 0.2) is 0 Å². The molecule has 0 saturated carbocycles. The number of benzene rings is 1. The average Bonchev–Trinajstić information content (AvgIpc) is 2.54. The number of nitrogens with zero attached hydrogens (tertiary/aromatic N) is 2.